The molecule has 28 heavy (non-hydrogen) atoms. The lowest BCUT2D eigenvalue weighted by molar-refractivity contribution is -0.133. The zero-order chi connectivity index (χ0) is 19.8. The summed E-state index contributed by atoms with van der Waals surface area (Å²) in [6.07, 6.45) is 1.64. The molecule has 3 rings (SSSR count). The highest BCUT2D eigenvalue weighted by molar-refractivity contribution is 5.77. The molecule has 0 aliphatic heterocycles. The van der Waals surface area contributed by atoms with E-state index in [9.17, 15) is 4.79 Å². The van der Waals surface area contributed by atoms with E-state index in [0.29, 0.717) is 24.0 Å². The molecule has 0 saturated carbocycles. The molecule has 0 bridgehead atoms. The van der Waals surface area contributed by atoms with Crippen LogP contribution in [0.5, 0.6) is 11.5 Å². The monoisotopic (exact) mass is 379 g/mol. The normalized spacial score (nSPS) is 10.3. The van der Waals surface area contributed by atoms with E-state index in [1.165, 1.54) is 0 Å². The Hall–Kier alpha value is -3.61. The van der Waals surface area contributed by atoms with Crippen LogP contribution in [0.15, 0.2) is 71.8 Å². The van der Waals surface area contributed by atoms with Gasteiger partial charge in [-0.05, 0) is 24.3 Å². The minimum absolute atomic E-state index is 0.111. The fourth-order valence-electron chi connectivity index (χ4n) is 2.51. The Bertz CT molecular complexity index is 907. The average molecular weight is 379 g/mol. The molecule has 3 aromatic rings. The van der Waals surface area contributed by atoms with E-state index in [4.69, 9.17) is 14.0 Å². The SMILES string of the molecule is C=CCN(Cc1nc(-c2ccccc2)no1)C(=O)COc1ccc(OC)cc1. The quantitative estimate of drug-likeness (QED) is 0.531. The van der Waals surface area contributed by atoms with Crippen molar-refractivity contribution in [2.75, 3.05) is 20.3 Å². The Balaban J connectivity index is 1.61. The van der Waals surface area contributed by atoms with E-state index >= 15 is 0 Å². The van der Waals surface area contributed by atoms with Crippen LogP contribution in [0.3, 0.4) is 0 Å². The number of benzene rings is 2. The van der Waals surface area contributed by atoms with Gasteiger partial charge in [-0.1, -0.05) is 41.6 Å². The summed E-state index contributed by atoms with van der Waals surface area (Å²) in [5, 5.41) is 3.98. The third-order valence-corrected chi connectivity index (χ3v) is 3.95. The third kappa shape index (κ3) is 4.97. The van der Waals surface area contributed by atoms with Crippen molar-refractivity contribution in [1.29, 1.82) is 0 Å². The molecule has 7 heteroatoms. The van der Waals surface area contributed by atoms with Gasteiger partial charge in [-0.25, -0.2) is 0 Å². The number of carbonyl (C=O) groups excluding carboxylic acids is 1. The van der Waals surface area contributed by atoms with Crippen LogP contribution in [0.2, 0.25) is 0 Å². The van der Waals surface area contributed by atoms with Gasteiger partial charge in [0.05, 0.1) is 7.11 Å². The Morgan fingerprint density at radius 1 is 1.14 bits per heavy atom. The fourth-order valence-corrected chi connectivity index (χ4v) is 2.51. The molecular weight excluding hydrogens is 358 g/mol. The first kappa shape index (κ1) is 19.2. The third-order valence-electron chi connectivity index (χ3n) is 3.95. The molecule has 0 N–H and O–H groups in total. The summed E-state index contributed by atoms with van der Waals surface area (Å²) >= 11 is 0. The summed E-state index contributed by atoms with van der Waals surface area (Å²) in [6.45, 7) is 4.11. The second-order valence-electron chi connectivity index (χ2n) is 5.90. The molecular formula is C21H21N3O4. The highest BCUT2D eigenvalue weighted by atomic mass is 16.5. The van der Waals surface area contributed by atoms with Crippen molar-refractivity contribution >= 4 is 5.91 Å². The van der Waals surface area contributed by atoms with E-state index in [0.717, 1.165) is 11.3 Å². The molecule has 1 aromatic heterocycles. The maximum absolute atomic E-state index is 12.5. The largest absolute Gasteiger partial charge is 0.497 e. The van der Waals surface area contributed by atoms with Crippen molar-refractivity contribution in [2.24, 2.45) is 0 Å². The number of ether oxygens (including phenoxy) is 2. The van der Waals surface area contributed by atoms with Crippen molar-refractivity contribution < 1.29 is 18.8 Å². The predicted octanol–water partition coefficient (Wildman–Crippen LogP) is 3.34. The minimum Gasteiger partial charge on any atom is -0.497 e. The molecule has 0 unspecified atom stereocenters. The molecule has 0 saturated heterocycles. The van der Waals surface area contributed by atoms with Crippen LogP contribution in [-0.4, -0.2) is 41.2 Å². The molecule has 0 radical (unpaired) electrons. The molecule has 0 atom stereocenters. The summed E-state index contributed by atoms with van der Waals surface area (Å²) in [5.74, 6) is 1.92. The number of hydrogen-bond acceptors (Lipinski definition) is 6. The van der Waals surface area contributed by atoms with Crippen molar-refractivity contribution in [3.05, 3.63) is 73.1 Å². The van der Waals surface area contributed by atoms with Gasteiger partial charge >= 0.3 is 0 Å². The fraction of sp³-hybridized carbons (Fsp3) is 0.190. The van der Waals surface area contributed by atoms with Crippen LogP contribution < -0.4 is 9.47 Å². The Labute approximate surface area is 163 Å². The standard InChI is InChI=1S/C21H21N3O4/c1-3-13-24(20(25)15-27-18-11-9-17(26-2)10-12-18)14-19-22-21(23-28-19)16-7-5-4-6-8-16/h3-12H,1,13-15H2,2H3. The zero-order valence-electron chi connectivity index (χ0n) is 15.6. The van der Waals surface area contributed by atoms with Crippen molar-refractivity contribution in [3.63, 3.8) is 0 Å². The van der Waals surface area contributed by atoms with Gasteiger partial charge in [0.1, 0.15) is 18.0 Å². The number of hydrogen-bond donors (Lipinski definition) is 0. The van der Waals surface area contributed by atoms with Crippen LogP contribution in [0, 0.1) is 0 Å². The Morgan fingerprint density at radius 3 is 2.54 bits per heavy atom. The lowest BCUT2D eigenvalue weighted by Crippen LogP contribution is -2.34. The summed E-state index contributed by atoms with van der Waals surface area (Å²) < 4.78 is 15.9. The Morgan fingerprint density at radius 2 is 1.86 bits per heavy atom. The van der Waals surface area contributed by atoms with E-state index in [1.54, 1.807) is 42.4 Å². The predicted molar refractivity (Wildman–Crippen MR) is 104 cm³/mol. The first-order valence-corrected chi connectivity index (χ1v) is 8.73. The molecule has 0 fully saturated rings. The number of methoxy groups -OCH3 is 1. The molecule has 2 aromatic carbocycles. The average Bonchev–Trinajstić information content (AvgIpc) is 3.21. The first-order valence-electron chi connectivity index (χ1n) is 8.73. The number of nitrogens with zero attached hydrogens (tertiary/aromatic N) is 3. The highest BCUT2D eigenvalue weighted by Gasteiger charge is 2.18. The van der Waals surface area contributed by atoms with Crippen molar-refractivity contribution in [1.82, 2.24) is 15.0 Å². The summed E-state index contributed by atoms with van der Waals surface area (Å²) in [4.78, 5) is 18.5. The van der Waals surface area contributed by atoms with Crippen molar-refractivity contribution in [2.45, 2.75) is 6.54 Å². The summed E-state index contributed by atoms with van der Waals surface area (Å²) in [5.41, 5.74) is 0.849. The second-order valence-corrected chi connectivity index (χ2v) is 5.90. The van der Waals surface area contributed by atoms with E-state index < -0.39 is 0 Å². The lowest BCUT2D eigenvalue weighted by Gasteiger charge is -2.19. The highest BCUT2D eigenvalue weighted by Crippen LogP contribution is 2.18. The maximum Gasteiger partial charge on any atom is 0.261 e. The van der Waals surface area contributed by atoms with Gasteiger partial charge in [0.15, 0.2) is 6.61 Å². The molecule has 0 aliphatic carbocycles. The summed E-state index contributed by atoms with van der Waals surface area (Å²) in [6, 6.07) is 16.5. The maximum atomic E-state index is 12.5. The van der Waals surface area contributed by atoms with Crippen LogP contribution in [0.25, 0.3) is 11.4 Å². The lowest BCUT2D eigenvalue weighted by atomic mass is 10.2. The number of amides is 1. The molecule has 1 heterocycles. The Kier molecular flexibility index (Phi) is 6.41. The zero-order valence-corrected chi connectivity index (χ0v) is 15.6. The van der Waals surface area contributed by atoms with Crippen molar-refractivity contribution in [3.8, 4) is 22.9 Å². The number of aromatic nitrogens is 2. The molecule has 144 valence electrons. The smallest absolute Gasteiger partial charge is 0.261 e. The van der Waals surface area contributed by atoms with E-state index in [-0.39, 0.29) is 19.1 Å². The van der Waals surface area contributed by atoms with Gasteiger partial charge in [-0.2, -0.15) is 4.98 Å². The van der Waals surface area contributed by atoms with Crippen LogP contribution >= 0.6 is 0 Å². The second kappa shape index (κ2) is 9.36. The molecule has 7 nitrogen and oxygen atoms in total. The topological polar surface area (TPSA) is 77.7 Å². The van der Waals surface area contributed by atoms with Gasteiger partial charge in [0.25, 0.3) is 5.91 Å². The van der Waals surface area contributed by atoms with Crippen LogP contribution in [0.4, 0.5) is 0 Å². The van der Waals surface area contributed by atoms with Gasteiger partial charge < -0.3 is 18.9 Å². The first-order chi connectivity index (χ1) is 13.7. The van der Waals surface area contributed by atoms with Gasteiger partial charge in [-0.15, -0.1) is 6.58 Å². The van der Waals surface area contributed by atoms with E-state index in [1.807, 2.05) is 30.3 Å². The molecule has 1 amide bonds. The minimum atomic E-state index is -0.213. The molecule has 0 spiro atoms. The molecule has 0 aliphatic rings. The summed E-state index contributed by atoms with van der Waals surface area (Å²) in [7, 11) is 1.59. The number of rotatable bonds is 9. The van der Waals surface area contributed by atoms with Crippen LogP contribution in [-0.2, 0) is 11.3 Å². The van der Waals surface area contributed by atoms with Gasteiger partial charge in [0.2, 0.25) is 11.7 Å². The van der Waals surface area contributed by atoms with Gasteiger partial charge in [0, 0.05) is 12.1 Å². The number of carbonyl (C=O) groups is 1. The van der Waals surface area contributed by atoms with Gasteiger partial charge in [-0.3, -0.25) is 4.79 Å². The van der Waals surface area contributed by atoms with Crippen LogP contribution in [0.1, 0.15) is 5.89 Å². The van der Waals surface area contributed by atoms with E-state index in [2.05, 4.69) is 16.7 Å².